The average molecular weight is 334 g/mol. The zero-order valence-electron chi connectivity index (χ0n) is 11.8. The minimum atomic E-state index is 0.547. The smallest absolute Gasteiger partial charge is 0.0992 e. The molecule has 1 aromatic carbocycles. The van der Waals surface area contributed by atoms with E-state index in [-0.39, 0.29) is 0 Å². The number of nitrogens with zero attached hydrogens (tertiary/aromatic N) is 2. The van der Waals surface area contributed by atoms with Gasteiger partial charge in [0.05, 0.1) is 11.6 Å². The lowest BCUT2D eigenvalue weighted by Gasteiger charge is -2.47. The number of hydrogen-bond acceptors (Lipinski definition) is 3. The van der Waals surface area contributed by atoms with Gasteiger partial charge in [0.25, 0.3) is 0 Å². The van der Waals surface area contributed by atoms with Crippen molar-refractivity contribution in [2.75, 3.05) is 12.4 Å². The Morgan fingerprint density at radius 2 is 2.00 bits per heavy atom. The van der Waals surface area contributed by atoms with Gasteiger partial charge in [0.1, 0.15) is 0 Å². The summed E-state index contributed by atoms with van der Waals surface area (Å²) in [6.45, 7) is 0. The Balaban J connectivity index is 1.71. The molecule has 0 saturated carbocycles. The van der Waals surface area contributed by atoms with Gasteiger partial charge in [-0.05, 0) is 66.9 Å². The number of piperidine rings is 2. The van der Waals surface area contributed by atoms with Gasteiger partial charge in [0.2, 0.25) is 0 Å². The van der Waals surface area contributed by atoms with E-state index in [0.717, 1.165) is 22.2 Å². The lowest BCUT2D eigenvalue weighted by Crippen LogP contribution is -2.52. The molecule has 2 aliphatic rings. The van der Waals surface area contributed by atoms with E-state index >= 15 is 0 Å². The van der Waals surface area contributed by atoms with Crippen LogP contribution in [0.1, 0.15) is 37.7 Å². The summed E-state index contributed by atoms with van der Waals surface area (Å²) < 4.78 is 0.987. The molecular formula is C16H20BrN3. The van der Waals surface area contributed by atoms with Crippen molar-refractivity contribution in [2.24, 2.45) is 0 Å². The van der Waals surface area contributed by atoms with Crippen molar-refractivity contribution in [3.8, 4) is 6.07 Å². The van der Waals surface area contributed by atoms with Crippen LogP contribution in [0.3, 0.4) is 0 Å². The van der Waals surface area contributed by atoms with Crippen LogP contribution >= 0.6 is 15.9 Å². The molecule has 1 N–H and O–H groups in total. The molecule has 0 amide bonds. The number of anilines is 1. The minimum absolute atomic E-state index is 0.547. The van der Waals surface area contributed by atoms with Crippen LogP contribution in [-0.4, -0.2) is 30.1 Å². The molecule has 2 bridgehead atoms. The van der Waals surface area contributed by atoms with Crippen LogP contribution in [0.15, 0.2) is 22.7 Å². The second-order valence-electron chi connectivity index (χ2n) is 6.02. The second kappa shape index (κ2) is 5.75. The highest BCUT2D eigenvalue weighted by Gasteiger charge is 2.35. The van der Waals surface area contributed by atoms with Crippen molar-refractivity contribution in [1.29, 1.82) is 5.26 Å². The number of hydrogen-bond donors (Lipinski definition) is 1. The Labute approximate surface area is 129 Å². The Kier molecular flexibility index (Phi) is 4.00. The Bertz CT molecular complexity index is 523. The molecule has 4 heteroatoms. The highest BCUT2D eigenvalue weighted by Crippen LogP contribution is 2.35. The molecule has 2 unspecified atom stereocenters. The van der Waals surface area contributed by atoms with E-state index in [1.165, 1.54) is 32.1 Å². The standard InChI is InChI=1S/C16H20BrN3/c1-20-13-3-2-4-14(20)9-12(8-13)19-16-6-5-11(10-18)7-15(16)17/h5-7,12-14,19H,2-4,8-9H2,1H3. The summed E-state index contributed by atoms with van der Waals surface area (Å²) in [5.41, 5.74) is 1.80. The predicted octanol–water partition coefficient (Wildman–Crippen LogP) is 3.75. The fourth-order valence-corrected chi connectivity index (χ4v) is 4.15. The Hall–Kier alpha value is -1.05. The molecular weight excluding hydrogens is 314 g/mol. The van der Waals surface area contributed by atoms with Crippen molar-refractivity contribution in [3.63, 3.8) is 0 Å². The maximum absolute atomic E-state index is 8.92. The third-order valence-corrected chi connectivity index (χ3v) is 5.45. The number of nitriles is 1. The summed E-state index contributed by atoms with van der Waals surface area (Å²) in [5, 5.41) is 12.6. The van der Waals surface area contributed by atoms with Gasteiger partial charge in [-0.3, -0.25) is 0 Å². The molecule has 20 heavy (non-hydrogen) atoms. The summed E-state index contributed by atoms with van der Waals surface area (Å²) in [5.74, 6) is 0. The molecule has 0 spiro atoms. The van der Waals surface area contributed by atoms with Crippen LogP contribution in [0.4, 0.5) is 5.69 Å². The van der Waals surface area contributed by atoms with Crippen LogP contribution in [0.5, 0.6) is 0 Å². The van der Waals surface area contributed by atoms with Crippen molar-refractivity contribution in [3.05, 3.63) is 28.2 Å². The Morgan fingerprint density at radius 3 is 2.60 bits per heavy atom. The zero-order valence-corrected chi connectivity index (χ0v) is 13.4. The van der Waals surface area contributed by atoms with E-state index in [1.807, 2.05) is 18.2 Å². The van der Waals surface area contributed by atoms with Crippen LogP contribution in [-0.2, 0) is 0 Å². The molecule has 3 rings (SSSR count). The van der Waals surface area contributed by atoms with Crippen LogP contribution in [0.2, 0.25) is 0 Å². The van der Waals surface area contributed by atoms with Crippen molar-refractivity contribution in [2.45, 2.75) is 50.2 Å². The number of rotatable bonds is 2. The molecule has 0 aromatic heterocycles. The van der Waals surface area contributed by atoms with Crippen molar-refractivity contribution in [1.82, 2.24) is 4.90 Å². The number of halogens is 1. The van der Waals surface area contributed by atoms with Gasteiger partial charge in [0, 0.05) is 28.3 Å². The summed E-state index contributed by atoms with van der Waals surface area (Å²) in [6, 6.07) is 9.96. The highest BCUT2D eigenvalue weighted by molar-refractivity contribution is 9.10. The number of benzene rings is 1. The van der Waals surface area contributed by atoms with E-state index in [4.69, 9.17) is 5.26 Å². The lowest BCUT2D eigenvalue weighted by molar-refractivity contribution is 0.0608. The topological polar surface area (TPSA) is 39.1 Å². The maximum Gasteiger partial charge on any atom is 0.0992 e. The normalized spacial score (nSPS) is 29.8. The first-order valence-corrected chi connectivity index (χ1v) is 8.15. The largest absolute Gasteiger partial charge is 0.381 e. The van der Waals surface area contributed by atoms with Gasteiger partial charge in [-0.1, -0.05) is 6.42 Å². The van der Waals surface area contributed by atoms with Gasteiger partial charge in [-0.15, -0.1) is 0 Å². The highest BCUT2D eigenvalue weighted by atomic mass is 79.9. The van der Waals surface area contributed by atoms with Crippen LogP contribution in [0, 0.1) is 11.3 Å². The first-order chi connectivity index (χ1) is 9.67. The van der Waals surface area contributed by atoms with Crippen molar-refractivity contribution < 1.29 is 0 Å². The first-order valence-electron chi connectivity index (χ1n) is 7.35. The van der Waals surface area contributed by atoms with Crippen LogP contribution in [0.25, 0.3) is 0 Å². The fourth-order valence-electron chi connectivity index (χ4n) is 3.66. The first kappa shape index (κ1) is 13.9. The van der Waals surface area contributed by atoms with E-state index in [1.54, 1.807) is 0 Å². The summed E-state index contributed by atoms with van der Waals surface area (Å²) in [6.07, 6.45) is 6.49. The minimum Gasteiger partial charge on any atom is -0.381 e. The molecule has 3 nitrogen and oxygen atoms in total. The molecule has 2 aliphatic heterocycles. The third-order valence-electron chi connectivity index (χ3n) is 4.80. The SMILES string of the molecule is CN1C2CCCC1CC(Nc1ccc(C#N)cc1Br)C2. The summed E-state index contributed by atoms with van der Waals surface area (Å²) in [4.78, 5) is 2.58. The fraction of sp³-hybridized carbons (Fsp3) is 0.562. The molecule has 0 aliphatic carbocycles. The lowest BCUT2D eigenvalue weighted by atomic mass is 9.82. The molecule has 2 saturated heterocycles. The summed E-state index contributed by atoms with van der Waals surface area (Å²) >= 11 is 3.56. The summed E-state index contributed by atoms with van der Waals surface area (Å²) in [7, 11) is 2.28. The molecule has 1 aromatic rings. The molecule has 2 fully saturated rings. The predicted molar refractivity (Wildman–Crippen MR) is 84.7 cm³/mol. The molecule has 0 radical (unpaired) electrons. The molecule has 2 atom stereocenters. The third kappa shape index (κ3) is 2.70. The van der Waals surface area contributed by atoms with E-state index in [0.29, 0.717) is 11.6 Å². The van der Waals surface area contributed by atoms with Gasteiger partial charge in [-0.25, -0.2) is 0 Å². The number of fused-ring (bicyclic) bond motifs is 2. The van der Waals surface area contributed by atoms with Gasteiger partial charge in [-0.2, -0.15) is 5.26 Å². The second-order valence-corrected chi connectivity index (χ2v) is 6.88. The van der Waals surface area contributed by atoms with Gasteiger partial charge in [0.15, 0.2) is 0 Å². The zero-order chi connectivity index (χ0) is 14.1. The quantitative estimate of drug-likeness (QED) is 0.895. The van der Waals surface area contributed by atoms with Crippen LogP contribution < -0.4 is 5.32 Å². The maximum atomic E-state index is 8.92. The molecule has 2 heterocycles. The number of nitrogens with one attached hydrogen (secondary N) is 1. The van der Waals surface area contributed by atoms with E-state index < -0.39 is 0 Å². The Morgan fingerprint density at radius 1 is 1.30 bits per heavy atom. The van der Waals surface area contributed by atoms with Gasteiger partial charge >= 0.3 is 0 Å². The van der Waals surface area contributed by atoms with E-state index in [2.05, 4.69) is 39.3 Å². The monoisotopic (exact) mass is 333 g/mol. The molecule has 106 valence electrons. The van der Waals surface area contributed by atoms with E-state index in [9.17, 15) is 0 Å². The average Bonchev–Trinajstić information content (AvgIpc) is 2.42. The van der Waals surface area contributed by atoms with Crippen molar-refractivity contribution >= 4 is 21.6 Å². The van der Waals surface area contributed by atoms with Gasteiger partial charge < -0.3 is 10.2 Å².